The van der Waals surface area contributed by atoms with E-state index in [9.17, 15) is 0 Å². The van der Waals surface area contributed by atoms with E-state index in [0.717, 1.165) is 6.42 Å². The standard InChI is InChI=1S/C21H25.C11H17.C8H8.2ClH.Zr/c1-20(2,3)16-7-9-18-14(12-16)11-15-13-17(21(4,5)6)8-10-19(15)18;1-8-6-9(2)10(7-8)11(3,4)5;1-2-8-6-4-3-5-7-8;;;/h7-10,12H,11H2,1-6H3;7-8H,1-5H3;3-7H,1H3;2*1H;/q2*-1;;;;+2/p-2. The van der Waals surface area contributed by atoms with Crippen LogP contribution in [-0.2, 0) is 41.5 Å². The van der Waals surface area contributed by atoms with Gasteiger partial charge in [0.25, 0.3) is 0 Å². The van der Waals surface area contributed by atoms with Gasteiger partial charge in [-0.2, -0.15) is 35.4 Å². The van der Waals surface area contributed by atoms with Crippen molar-refractivity contribution in [3.8, 4) is 11.1 Å². The Kier molecular flexibility index (Phi) is 14.4. The van der Waals surface area contributed by atoms with E-state index in [-0.39, 0.29) is 35.6 Å². The molecule has 1 atom stereocenters. The summed E-state index contributed by atoms with van der Waals surface area (Å²) in [4.78, 5) is 0. The first-order valence-electron chi connectivity index (χ1n) is 15.0. The molecule has 0 radical (unpaired) electrons. The molecule has 3 aromatic rings. The average molecular weight is 693 g/mol. The number of rotatable bonds is 1. The largest absolute Gasteiger partial charge is 1.00 e. The van der Waals surface area contributed by atoms with Crippen LogP contribution in [0.4, 0.5) is 0 Å². The van der Waals surface area contributed by atoms with E-state index in [4.69, 9.17) is 0 Å². The second kappa shape index (κ2) is 15.7. The molecule has 3 heteroatoms. The monoisotopic (exact) mass is 690 g/mol. The summed E-state index contributed by atoms with van der Waals surface area (Å²) >= 11 is 1.51. The van der Waals surface area contributed by atoms with E-state index in [2.05, 4.69) is 156 Å². The summed E-state index contributed by atoms with van der Waals surface area (Å²) in [6, 6.07) is 25.6. The van der Waals surface area contributed by atoms with Crippen molar-refractivity contribution in [2.75, 3.05) is 0 Å². The minimum absolute atomic E-state index is 0. The molecule has 0 heterocycles. The summed E-state index contributed by atoms with van der Waals surface area (Å²) in [7, 11) is 0. The van der Waals surface area contributed by atoms with Crippen LogP contribution in [0.25, 0.3) is 11.1 Å². The van der Waals surface area contributed by atoms with Crippen molar-refractivity contribution in [1.82, 2.24) is 0 Å². The van der Waals surface area contributed by atoms with Crippen molar-refractivity contribution < 1.29 is 49.0 Å². The Labute approximate surface area is 291 Å². The molecule has 0 bridgehead atoms. The second-order valence-electron chi connectivity index (χ2n) is 14.7. The van der Waals surface area contributed by atoms with Crippen LogP contribution in [0, 0.1) is 23.5 Å². The van der Waals surface area contributed by atoms with Crippen LogP contribution in [0.5, 0.6) is 0 Å². The van der Waals surface area contributed by atoms with Gasteiger partial charge in [0, 0.05) is 0 Å². The Hall–Kier alpha value is -1.53. The summed E-state index contributed by atoms with van der Waals surface area (Å²) in [6.07, 6.45) is 6.74. The fourth-order valence-electron chi connectivity index (χ4n) is 5.36. The molecule has 0 N–H and O–H groups in total. The first-order chi connectivity index (χ1) is 18.9. The fraction of sp³-hybridized carbons (Fsp3) is 0.425. The minimum Gasteiger partial charge on any atom is -1.00 e. The maximum Gasteiger partial charge on any atom is -1.00 e. The average Bonchev–Trinajstić information content (AvgIpc) is 3.42. The van der Waals surface area contributed by atoms with Gasteiger partial charge in [0.1, 0.15) is 0 Å². The van der Waals surface area contributed by atoms with Gasteiger partial charge in [-0.05, 0) is 28.4 Å². The van der Waals surface area contributed by atoms with E-state index in [1.807, 2.05) is 6.07 Å². The van der Waals surface area contributed by atoms with Crippen LogP contribution in [0.1, 0.15) is 111 Å². The van der Waals surface area contributed by atoms with Crippen molar-refractivity contribution in [3.05, 3.63) is 118 Å². The Morgan fingerprint density at radius 1 is 0.767 bits per heavy atom. The van der Waals surface area contributed by atoms with Gasteiger partial charge < -0.3 is 24.8 Å². The quantitative estimate of drug-likeness (QED) is 0.252. The van der Waals surface area contributed by atoms with Gasteiger partial charge in [-0.25, -0.2) is 5.57 Å². The van der Waals surface area contributed by atoms with E-state index in [0.29, 0.717) is 11.3 Å². The molecule has 0 nitrogen and oxygen atoms in total. The summed E-state index contributed by atoms with van der Waals surface area (Å²) < 4.78 is 1.46. The Morgan fingerprint density at radius 3 is 1.77 bits per heavy atom. The van der Waals surface area contributed by atoms with Crippen LogP contribution in [0.2, 0.25) is 0 Å². The SMILES string of the molecule is CC(C)(C)c1[c-]c2c(cc1)-c1ccc(C(C)(C)C)cc1C2.CC1=[C-]C(C)C=C1C(C)(C)C.C[C](=[Zr+2])c1ccccc1.[Cl-].[Cl-]. The molecule has 43 heavy (non-hydrogen) atoms. The zero-order valence-corrected chi connectivity index (χ0v) is 32.4. The molecule has 0 spiro atoms. The van der Waals surface area contributed by atoms with Crippen molar-refractivity contribution in [2.24, 2.45) is 11.3 Å². The molecule has 2 aliphatic rings. The van der Waals surface area contributed by atoms with Gasteiger partial charge in [0.15, 0.2) is 0 Å². The minimum atomic E-state index is 0. The van der Waals surface area contributed by atoms with E-state index in [1.54, 1.807) is 0 Å². The van der Waals surface area contributed by atoms with Crippen LogP contribution in [0.3, 0.4) is 0 Å². The van der Waals surface area contributed by atoms with Crippen LogP contribution in [0.15, 0.2) is 77.9 Å². The molecule has 1 unspecified atom stereocenters. The third-order valence-electron chi connectivity index (χ3n) is 7.74. The summed E-state index contributed by atoms with van der Waals surface area (Å²) in [5, 5.41) is 0. The Morgan fingerprint density at radius 2 is 1.35 bits per heavy atom. The Balaban J connectivity index is 0.000000356. The van der Waals surface area contributed by atoms with Crippen molar-refractivity contribution in [2.45, 2.75) is 100 Å². The molecule has 230 valence electrons. The molecule has 0 saturated heterocycles. The molecule has 5 rings (SSSR count). The molecule has 3 aromatic carbocycles. The van der Waals surface area contributed by atoms with Crippen molar-refractivity contribution in [1.29, 1.82) is 0 Å². The predicted molar refractivity (Wildman–Crippen MR) is 176 cm³/mol. The number of fused-ring (bicyclic) bond motifs is 3. The van der Waals surface area contributed by atoms with Crippen molar-refractivity contribution >= 4 is 3.21 Å². The summed E-state index contributed by atoms with van der Waals surface area (Å²) in [5.41, 5.74) is 13.2. The smallest absolute Gasteiger partial charge is 1.00 e. The van der Waals surface area contributed by atoms with Gasteiger partial charge in [-0.1, -0.05) is 111 Å². The number of hydrogen-bond donors (Lipinski definition) is 0. The molecule has 0 saturated carbocycles. The first-order valence-corrected chi connectivity index (χ1v) is 16.2. The predicted octanol–water partition coefficient (Wildman–Crippen LogP) is 4.79. The molecule has 0 aromatic heterocycles. The first kappa shape index (κ1) is 39.5. The number of hydrogen-bond acceptors (Lipinski definition) is 0. The van der Waals surface area contributed by atoms with Gasteiger partial charge in [0.05, 0.1) is 0 Å². The molecule has 0 fully saturated rings. The van der Waals surface area contributed by atoms with Gasteiger partial charge >= 0.3 is 70.3 Å². The zero-order valence-electron chi connectivity index (χ0n) is 28.4. The maximum atomic E-state index is 3.67. The Bertz CT molecular complexity index is 1380. The third kappa shape index (κ3) is 10.8. The fourth-order valence-corrected chi connectivity index (χ4v) is 5.77. The molecule has 0 amide bonds. The second-order valence-corrected chi connectivity index (χ2v) is 16.5. The number of halogens is 2. The van der Waals surface area contributed by atoms with E-state index >= 15 is 0 Å². The van der Waals surface area contributed by atoms with Crippen LogP contribution >= 0.6 is 0 Å². The van der Waals surface area contributed by atoms with E-state index in [1.165, 1.54) is 77.5 Å². The third-order valence-corrected chi connectivity index (χ3v) is 8.45. The zero-order chi connectivity index (χ0) is 30.8. The van der Waals surface area contributed by atoms with Crippen LogP contribution < -0.4 is 24.8 Å². The van der Waals surface area contributed by atoms with Crippen LogP contribution in [-0.4, -0.2) is 3.21 Å². The molecule has 2 aliphatic carbocycles. The molecular formula is C40H50Cl2Zr-2. The summed E-state index contributed by atoms with van der Waals surface area (Å²) in [6.45, 7) is 26.9. The maximum absolute atomic E-state index is 3.67. The molecule has 0 aliphatic heterocycles. The van der Waals surface area contributed by atoms with E-state index < -0.39 is 0 Å². The van der Waals surface area contributed by atoms with Crippen molar-refractivity contribution in [3.63, 3.8) is 0 Å². The number of benzene rings is 3. The summed E-state index contributed by atoms with van der Waals surface area (Å²) in [5.74, 6) is 0.518. The normalized spacial score (nSPS) is 15.2. The van der Waals surface area contributed by atoms with Gasteiger partial charge in [0.2, 0.25) is 0 Å². The molecular weight excluding hydrogens is 643 g/mol. The number of allylic oxidation sites excluding steroid dienone is 4. The van der Waals surface area contributed by atoms with Gasteiger partial charge in [-0.15, -0.1) is 11.1 Å². The topological polar surface area (TPSA) is 0 Å². The van der Waals surface area contributed by atoms with Gasteiger partial charge in [-0.3, -0.25) is 6.08 Å².